The lowest BCUT2D eigenvalue weighted by atomic mass is 10.1. The van der Waals surface area contributed by atoms with E-state index in [0.29, 0.717) is 12.8 Å². The zero-order valence-electron chi connectivity index (χ0n) is 30.7. The van der Waals surface area contributed by atoms with Gasteiger partial charge in [-0.05, 0) is 64.2 Å². The summed E-state index contributed by atoms with van der Waals surface area (Å²) >= 11 is 0. The minimum Gasteiger partial charge on any atom is -0.462 e. The van der Waals surface area contributed by atoms with Crippen LogP contribution in [0.3, 0.4) is 0 Å². The molecule has 0 bridgehead atoms. The molecular formula is C38H72NO8P. The molecule has 0 rings (SSSR count). The third-order valence-corrected chi connectivity index (χ3v) is 9.04. The average molecular weight is 702 g/mol. The molecule has 0 spiro atoms. The van der Waals surface area contributed by atoms with Crippen LogP contribution in [0.2, 0.25) is 0 Å². The Balaban J connectivity index is 4.24. The molecule has 0 aromatic heterocycles. The maximum absolute atomic E-state index is 12.5. The van der Waals surface area contributed by atoms with Gasteiger partial charge in [-0.25, -0.2) is 4.57 Å². The van der Waals surface area contributed by atoms with Crippen LogP contribution < -0.4 is 5.73 Å². The fourth-order valence-corrected chi connectivity index (χ4v) is 5.92. The first-order chi connectivity index (χ1) is 23.3. The molecule has 10 heteroatoms. The van der Waals surface area contributed by atoms with Crippen LogP contribution in [0.25, 0.3) is 0 Å². The highest BCUT2D eigenvalue weighted by Crippen LogP contribution is 2.43. The number of hydrogen-bond donors (Lipinski definition) is 2. The van der Waals surface area contributed by atoms with E-state index in [0.717, 1.165) is 57.8 Å². The molecule has 3 N–H and O–H groups in total. The van der Waals surface area contributed by atoms with Gasteiger partial charge in [0, 0.05) is 19.4 Å². The van der Waals surface area contributed by atoms with E-state index in [9.17, 15) is 19.0 Å². The average Bonchev–Trinajstić information content (AvgIpc) is 3.07. The van der Waals surface area contributed by atoms with E-state index in [1.165, 1.54) is 77.0 Å². The molecule has 0 amide bonds. The number of nitrogens with two attached hydrogens (primary N) is 1. The number of ether oxygens (including phenoxy) is 2. The number of hydrogen-bond acceptors (Lipinski definition) is 8. The van der Waals surface area contributed by atoms with Crippen LogP contribution in [0.15, 0.2) is 24.3 Å². The largest absolute Gasteiger partial charge is 0.472 e. The summed E-state index contributed by atoms with van der Waals surface area (Å²) in [7, 11) is -4.37. The van der Waals surface area contributed by atoms with Crippen molar-refractivity contribution in [2.24, 2.45) is 5.73 Å². The molecule has 0 heterocycles. The van der Waals surface area contributed by atoms with Gasteiger partial charge in [0.05, 0.1) is 13.2 Å². The third kappa shape index (κ3) is 34.4. The first-order valence-corrected chi connectivity index (χ1v) is 20.8. The van der Waals surface area contributed by atoms with Gasteiger partial charge in [0.15, 0.2) is 6.10 Å². The van der Waals surface area contributed by atoms with E-state index >= 15 is 0 Å². The molecule has 48 heavy (non-hydrogen) atoms. The van der Waals surface area contributed by atoms with E-state index in [4.69, 9.17) is 24.3 Å². The molecule has 2 atom stereocenters. The smallest absolute Gasteiger partial charge is 0.462 e. The lowest BCUT2D eigenvalue weighted by molar-refractivity contribution is -0.161. The summed E-state index contributed by atoms with van der Waals surface area (Å²) < 4.78 is 32.6. The predicted molar refractivity (Wildman–Crippen MR) is 197 cm³/mol. The molecule has 0 aliphatic carbocycles. The molecule has 0 aliphatic heterocycles. The number of allylic oxidation sites excluding steroid dienone is 4. The number of carbonyl (C=O) groups is 2. The lowest BCUT2D eigenvalue weighted by Gasteiger charge is -2.19. The second-order valence-electron chi connectivity index (χ2n) is 12.8. The Labute approximate surface area is 293 Å². The van der Waals surface area contributed by atoms with Gasteiger partial charge in [-0.1, -0.05) is 122 Å². The zero-order chi connectivity index (χ0) is 35.4. The number of unbranched alkanes of at least 4 members (excludes halogenated alkanes) is 19. The number of phosphoric acid groups is 1. The number of carbonyl (C=O) groups excluding carboxylic acids is 2. The van der Waals surface area contributed by atoms with Gasteiger partial charge < -0.3 is 20.1 Å². The molecule has 282 valence electrons. The highest BCUT2D eigenvalue weighted by molar-refractivity contribution is 7.47. The van der Waals surface area contributed by atoms with Gasteiger partial charge in [0.2, 0.25) is 0 Å². The minimum absolute atomic E-state index is 0.0504. The van der Waals surface area contributed by atoms with Crippen LogP contribution >= 0.6 is 7.82 Å². The fourth-order valence-electron chi connectivity index (χ4n) is 5.15. The summed E-state index contributed by atoms with van der Waals surface area (Å²) in [5, 5.41) is 0. The molecule has 0 saturated heterocycles. The Morgan fingerprint density at radius 2 is 1.02 bits per heavy atom. The van der Waals surface area contributed by atoms with Crippen molar-refractivity contribution in [3.8, 4) is 0 Å². The van der Waals surface area contributed by atoms with Gasteiger partial charge >= 0.3 is 19.8 Å². The van der Waals surface area contributed by atoms with E-state index < -0.39 is 32.5 Å². The Bertz CT molecular complexity index is 851. The summed E-state index contributed by atoms with van der Waals surface area (Å²) in [6.45, 7) is 3.66. The molecular weight excluding hydrogens is 629 g/mol. The second kappa shape index (κ2) is 35.3. The van der Waals surface area contributed by atoms with Crippen molar-refractivity contribution in [1.29, 1.82) is 0 Å². The highest BCUT2D eigenvalue weighted by Gasteiger charge is 2.25. The monoisotopic (exact) mass is 701 g/mol. The Kier molecular flexibility index (Phi) is 34.2. The SMILES string of the molecule is CCCCC/C=C/CCCCCCCC(=O)O[C@H](COC(=O)CCCC/C=C/CCCCCCCCCCC)COP(=O)(O)OCCN. The fraction of sp³-hybridized carbons (Fsp3) is 0.842. The summed E-state index contributed by atoms with van der Waals surface area (Å²) in [6, 6.07) is 0. The maximum atomic E-state index is 12.5. The summed E-state index contributed by atoms with van der Waals surface area (Å²) in [4.78, 5) is 34.7. The van der Waals surface area contributed by atoms with Crippen LogP contribution in [-0.4, -0.2) is 49.3 Å². The van der Waals surface area contributed by atoms with E-state index in [1.54, 1.807) is 0 Å². The van der Waals surface area contributed by atoms with Crippen LogP contribution in [0.4, 0.5) is 0 Å². The van der Waals surface area contributed by atoms with E-state index in [1.807, 2.05) is 0 Å². The Morgan fingerprint density at radius 1 is 0.604 bits per heavy atom. The van der Waals surface area contributed by atoms with Gasteiger partial charge in [-0.15, -0.1) is 0 Å². The van der Waals surface area contributed by atoms with Crippen molar-refractivity contribution in [2.75, 3.05) is 26.4 Å². The van der Waals surface area contributed by atoms with Crippen LogP contribution in [0, 0.1) is 0 Å². The van der Waals surface area contributed by atoms with Gasteiger partial charge in [0.1, 0.15) is 6.61 Å². The summed E-state index contributed by atoms with van der Waals surface area (Å²) in [5.74, 6) is -0.864. The standard InChI is InChI=1S/C38H72NO8P/c1-3-5-7-9-11-13-15-17-18-19-21-22-24-26-28-30-37(40)44-34-36(35-46-48(42,43)45-33-32-39)47-38(41)31-29-27-25-23-20-16-14-12-10-8-6-4-2/h12,14,21-22,36H,3-11,13,15-20,23-35,39H2,1-2H3,(H,42,43)/b14-12+,22-21+/t36-/m1/s1. The second-order valence-corrected chi connectivity index (χ2v) is 14.2. The van der Waals surface area contributed by atoms with Crippen molar-refractivity contribution in [3.63, 3.8) is 0 Å². The van der Waals surface area contributed by atoms with Gasteiger partial charge in [-0.2, -0.15) is 0 Å². The molecule has 0 aromatic rings. The Morgan fingerprint density at radius 3 is 1.56 bits per heavy atom. The first kappa shape index (κ1) is 46.5. The van der Waals surface area contributed by atoms with Crippen LogP contribution in [-0.2, 0) is 32.7 Å². The van der Waals surface area contributed by atoms with Crippen molar-refractivity contribution >= 4 is 19.8 Å². The third-order valence-electron chi connectivity index (χ3n) is 8.06. The van der Waals surface area contributed by atoms with Crippen LogP contribution in [0.1, 0.15) is 174 Å². The molecule has 9 nitrogen and oxygen atoms in total. The molecule has 0 aromatic carbocycles. The normalized spacial score (nSPS) is 13.7. The van der Waals surface area contributed by atoms with E-state index in [2.05, 4.69) is 38.2 Å². The topological polar surface area (TPSA) is 134 Å². The maximum Gasteiger partial charge on any atom is 0.472 e. The quantitative estimate of drug-likeness (QED) is 0.0283. The van der Waals surface area contributed by atoms with E-state index in [-0.39, 0.29) is 32.6 Å². The zero-order valence-corrected chi connectivity index (χ0v) is 31.6. The molecule has 0 aliphatic rings. The van der Waals surface area contributed by atoms with Crippen molar-refractivity contribution in [1.82, 2.24) is 0 Å². The molecule has 0 radical (unpaired) electrons. The van der Waals surface area contributed by atoms with Crippen LogP contribution in [0.5, 0.6) is 0 Å². The summed E-state index contributed by atoms with van der Waals surface area (Å²) in [6.07, 6.45) is 35.0. The Hall–Kier alpha value is -1.51. The predicted octanol–water partition coefficient (Wildman–Crippen LogP) is 10.4. The number of phosphoric ester groups is 1. The molecule has 0 saturated carbocycles. The van der Waals surface area contributed by atoms with Crippen molar-refractivity contribution in [3.05, 3.63) is 24.3 Å². The minimum atomic E-state index is -4.37. The van der Waals surface area contributed by atoms with Gasteiger partial charge in [0.25, 0.3) is 0 Å². The summed E-state index contributed by atoms with van der Waals surface area (Å²) in [5.41, 5.74) is 5.33. The molecule has 1 unspecified atom stereocenters. The highest BCUT2D eigenvalue weighted by atomic mass is 31.2. The van der Waals surface area contributed by atoms with Crippen molar-refractivity contribution < 1.29 is 37.6 Å². The lowest BCUT2D eigenvalue weighted by Crippen LogP contribution is -2.29. The first-order valence-electron chi connectivity index (χ1n) is 19.3. The van der Waals surface area contributed by atoms with Crippen molar-refractivity contribution in [2.45, 2.75) is 180 Å². The number of esters is 2. The number of rotatable bonds is 36. The molecule has 0 fully saturated rings. The van der Waals surface area contributed by atoms with Gasteiger partial charge in [-0.3, -0.25) is 18.6 Å².